The maximum absolute atomic E-state index is 13.1. The minimum atomic E-state index is -0.567. The van der Waals surface area contributed by atoms with Gasteiger partial charge in [-0.25, -0.2) is 9.59 Å². The number of carbonyl (C=O) groups excluding carboxylic acids is 3. The van der Waals surface area contributed by atoms with Crippen molar-refractivity contribution in [2.45, 2.75) is 0 Å². The molecule has 0 saturated carbocycles. The van der Waals surface area contributed by atoms with Gasteiger partial charge in [0.25, 0.3) is 0 Å². The van der Waals surface area contributed by atoms with Crippen LogP contribution in [-0.2, 0) is 9.47 Å². The zero-order valence-electron chi connectivity index (χ0n) is 18.0. The van der Waals surface area contributed by atoms with Crippen molar-refractivity contribution in [3.63, 3.8) is 0 Å². The number of methoxy groups -OCH3 is 2. The van der Waals surface area contributed by atoms with Crippen molar-refractivity contribution in [2.24, 2.45) is 10.2 Å². The second-order valence-corrected chi connectivity index (χ2v) is 7.86. The highest BCUT2D eigenvalue weighted by atomic mass is 32.1. The zero-order chi connectivity index (χ0) is 24.2. The van der Waals surface area contributed by atoms with Gasteiger partial charge in [0.15, 0.2) is 11.5 Å². The van der Waals surface area contributed by atoms with Gasteiger partial charge in [0.1, 0.15) is 16.3 Å². The smallest absolute Gasteiger partial charge is 0.350 e. The second kappa shape index (κ2) is 9.59. The number of pyridine rings is 1. The Morgan fingerprint density at radius 2 is 1.65 bits per heavy atom. The van der Waals surface area contributed by atoms with Gasteiger partial charge in [-0.05, 0) is 47.2 Å². The topological polar surface area (TPSA) is 128 Å². The third kappa shape index (κ3) is 4.26. The lowest BCUT2D eigenvalue weighted by molar-refractivity contribution is 0.0594. The number of ketones is 1. The number of phenolic OH excluding ortho intramolecular Hbond substituents is 1. The number of hydrogen-bond donors (Lipinski definition) is 1. The number of fused-ring (bicyclic) bond motifs is 1. The Kier molecular flexibility index (Phi) is 6.42. The van der Waals surface area contributed by atoms with Crippen LogP contribution >= 0.6 is 11.3 Å². The van der Waals surface area contributed by atoms with Gasteiger partial charge in [-0.2, -0.15) is 0 Å². The lowest BCUT2D eigenvalue weighted by Crippen LogP contribution is -2.03. The Morgan fingerprint density at radius 3 is 2.35 bits per heavy atom. The van der Waals surface area contributed by atoms with Gasteiger partial charge in [0.2, 0.25) is 0 Å². The zero-order valence-corrected chi connectivity index (χ0v) is 18.8. The normalized spacial score (nSPS) is 11.0. The number of thiophene rings is 1. The van der Waals surface area contributed by atoms with E-state index in [0.29, 0.717) is 16.3 Å². The van der Waals surface area contributed by atoms with Crippen molar-refractivity contribution in [1.82, 2.24) is 4.98 Å². The van der Waals surface area contributed by atoms with Crippen molar-refractivity contribution in [3.8, 4) is 5.75 Å². The van der Waals surface area contributed by atoms with Crippen LogP contribution in [0.4, 0.5) is 11.4 Å². The van der Waals surface area contributed by atoms with Crippen LogP contribution in [0.5, 0.6) is 5.75 Å². The van der Waals surface area contributed by atoms with E-state index in [1.54, 1.807) is 17.5 Å². The summed E-state index contributed by atoms with van der Waals surface area (Å²) in [7, 11) is 2.52. The minimum absolute atomic E-state index is 0.00772. The summed E-state index contributed by atoms with van der Waals surface area (Å²) >= 11 is 1.14. The first-order valence-corrected chi connectivity index (χ1v) is 10.7. The molecule has 2 aromatic heterocycles. The van der Waals surface area contributed by atoms with Crippen molar-refractivity contribution in [1.29, 1.82) is 0 Å². The van der Waals surface area contributed by atoms with Gasteiger partial charge in [0.05, 0.1) is 25.3 Å². The third-order valence-electron chi connectivity index (χ3n) is 4.97. The number of esters is 2. The highest BCUT2D eigenvalue weighted by molar-refractivity contribution is 7.12. The third-order valence-corrected chi connectivity index (χ3v) is 5.85. The fraction of sp³-hybridized carbons (Fsp3) is 0.0833. The molecule has 10 heteroatoms. The number of nitrogens with zero attached hydrogens (tertiary/aromatic N) is 3. The molecule has 4 aromatic rings. The van der Waals surface area contributed by atoms with Gasteiger partial charge in [0, 0.05) is 23.3 Å². The molecule has 170 valence electrons. The summed E-state index contributed by atoms with van der Waals surface area (Å²) in [6.45, 7) is 0. The Labute approximate surface area is 197 Å². The second-order valence-electron chi connectivity index (χ2n) is 6.94. The number of phenols is 1. The molecule has 1 N–H and O–H groups in total. The molecule has 2 heterocycles. The Balaban J connectivity index is 1.91. The number of rotatable bonds is 6. The number of hydrogen-bond acceptors (Lipinski definition) is 10. The Hall–Kier alpha value is -4.44. The summed E-state index contributed by atoms with van der Waals surface area (Å²) < 4.78 is 9.54. The molecule has 2 aromatic carbocycles. The highest BCUT2D eigenvalue weighted by Gasteiger charge is 2.21. The summed E-state index contributed by atoms with van der Waals surface area (Å²) in [5.74, 6) is -1.98. The standard InChI is InChI=1S/C24H17N3O6S/c1-32-23(30)14-3-4-16-15(11-14)12-17(20(28)13-5-8-25-9-6-13)21(29)19(16)27-26-18-7-10-34-22(18)24(31)33-2/h3-12,29H,1-2H3. The van der Waals surface area contributed by atoms with Crippen molar-refractivity contribution in [3.05, 3.63) is 81.8 Å². The quantitative estimate of drug-likeness (QED) is 0.230. The number of ether oxygens (including phenoxy) is 2. The molecule has 0 radical (unpaired) electrons. The Bertz CT molecular complexity index is 1450. The molecule has 0 aliphatic carbocycles. The van der Waals surface area contributed by atoms with Crippen LogP contribution in [-0.4, -0.2) is 42.0 Å². The van der Waals surface area contributed by atoms with E-state index in [0.717, 1.165) is 11.3 Å². The van der Waals surface area contributed by atoms with E-state index in [2.05, 4.69) is 15.2 Å². The molecular weight excluding hydrogens is 458 g/mol. The number of aromatic nitrogens is 1. The maximum Gasteiger partial charge on any atom is 0.350 e. The van der Waals surface area contributed by atoms with Crippen LogP contribution in [0.3, 0.4) is 0 Å². The summed E-state index contributed by atoms with van der Waals surface area (Å²) in [5, 5.41) is 21.9. The van der Waals surface area contributed by atoms with Crippen LogP contribution < -0.4 is 0 Å². The summed E-state index contributed by atoms with van der Waals surface area (Å²) in [6, 6.07) is 10.7. The van der Waals surface area contributed by atoms with Crippen LogP contribution in [0.1, 0.15) is 36.0 Å². The molecule has 4 rings (SSSR count). The summed E-state index contributed by atoms with van der Waals surface area (Å²) in [4.78, 5) is 41.3. The van der Waals surface area contributed by atoms with E-state index >= 15 is 0 Å². The van der Waals surface area contributed by atoms with Gasteiger partial charge < -0.3 is 14.6 Å². The highest BCUT2D eigenvalue weighted by Crippen LogP contribution is 2.41. The molecule has 0 unspecified atom stereocenters. The van der Waals surface area contributed by atoms with Crippen LogP contribution in [0.2, 0.25) is 0 Å². The van der Waals surface area contributed by atoms with E-state index < -0.39 is 23.5 Å². The average Bonchev–Trinajstić information content (AvgIpc) is 3.35. The molecule has 0 amide bonds. The predicted molar refractivity (Wildman–Crippen MR) is 124 cm³/mol. The minimum Gasteiger partial charge on any atom is -0.505 e. The van der Waals surface area contributed by atoms with E-state index in [1.165, 1.54) is 56.9 Å². The number of carbonyl (C=O) groups is 3. The van der Waals surface area contributed by atoms with E-state index in [-0.39, 0.29) is 27.4 Å². The molecule has 0 aliphatic heterocycles. The average molecular weight is 475 g/mol. The first-order chi connectivity index (χ1) is 16.4. The molecule has 9 nitrogen and oxygen atoms in total. The lowest BCUT2D eigenvalue weighted by atomic mass is 9.96. The van der Waals surface area contributed by atoms with Crippen molar-refractivity contribution in [2.75, 3.05) is 14.2 Å². The first kappa shape index (κ1) is 22.7. The molecule has 0 saturated heterocycles. The predicted octanol–water partition coefficient (Wildman–Crippen LogP) is 5.22. The van der Waals surface area contributed by atoms with Gasteiger partial charge in [-0.1, -0.05) is 6.07 Å². The molecular formula is C24H17N3O6S. The molecule has 0 aliphatic rings. The van der Waals surface area contributed by atoms with Crippen LogP contribution in [0, 0.1) is 0 Å². The van der Waals surface area contributed by atoms with E-state index in [1.807, 2.05) is 0 Å². The van der Waals surface area contributed by atoms with Crippen molar-refractivity contribution < 1.29 is 29.0 Å². The number of azo groups is 1. The molecule has 0 bridgehead atoms. The summed E-state index contributed by atoms with van der Waals surface area (Å²) in [6.07, 6.45) is 2.93. The van der Waals surface area contributed by atoms with Crippen LogP contribution in [0.15, 0.2) is 70.5 Å². The molecule has 0 fully saturated rings. The number of benzene rings is 2. The lowest BCUT2D eigenvalue weighted by Gasteiger charge is -2.11. The molecule has 0 spiro atoms. The van der Waals surface area contributed by atoms with Gasteiger partial charge in [-0.15, -0.1) is 21.6 Å². The fourth-order valence-electron chi connectivity index (χ4n) is 3.29. The SMILES string of the molecule is COC(=O)c1ccc2c(N=Nc3ccsc3C(=O)OC)c(O)c(C(=O)c3ccncc3)cc2c1. The largest absolute Gasteiger partial charge is 0.505 e. The number of aromatic hydroxyl groups is 1. The Morgan fingerprint density at radius 1 is 0.912 bits per heavy atom. The van der Waals surface area contributed by atoms with Crippen LogP contribution in [0.25, 0.3) is 10.8 Å². The van der Waals surface area contributed by atoms with Crippen molar-refractivity contribution >= 4 is 51.2 Å². The van der Waals surface area contributed by atoms with Gasteiger partial charge in [-0.3, -0.25) is 9.78 Å². The van der Waals surface area contributed by atoms with Gasteiger partial charge >= 0.3 is 11.9 Å². The molecule has 34 heavy (non-hydrogen) atoms. The molecule has 0 atom stereocenters. The fourth-order valence-corrected chi connectivity index (χ4v) is 4.03. The van der Waals surface area contributed by atoms with E-state index in [9.17, 15) is 19.5 Å². The first-order valence-electron chi connectivity index (χ1n) is 9.85. The van der Waals surface area contributed by atoms with E-state index in [4.69, 9.17) is 9.47 Å². The maximum atomic E-state index is 13.1. The monoisotopic (exact) mass is 475 g/mol. The summed E-state index contributed by atoms with van der Waals surface area (Å²) in [5.41, 5.74) is 0.794.